The first-order valence-electron chi connectivity index (χ1n) is 11.0. The van der Waals surface area contributed by atoms with Gasteiger partial charge in [0.2, 0.25) is 10.0 Å². The molecule has 4 heterocycles. The second-order valence-corrected chi connectivity index (χ2v) is 10.4. The smallest absolute Gasteiger partial charge is 0.279 e. The van der Waals surface area contributed by atoms with E-state index in [0.29, 0.717) is 71.7 Å². The van der Waals surface area contributed by atoms with Gasteiger partial charge < -0.3 is 9.32 Å². The normalized spacial score (nSPS) is 16.2. The van der Waals surface area contributed by atoms with E-state index < -0.39 is 10.0 Å². The van der Waals surface area contributed by atoms with E-state index in [1.807, 2.05) is 14.0 Å². The number of piperazine rings is 1. The molecule has 0 unspecified atom stereocenters. The molecule has 1 aromatic carbocycles. The summed E-state index contributed by atoms with van der Waals surface area (Å²) in [7, 11) is -0.137. The van der Waals surface area contributed by atoms with E-state index in [9.17, 15) is 13.2 Å². The third kappa shape index (κ3) is 3.56. The predicted octanol–water partition coefficient (Wildman–Crippen LogP) is 1.96. The van der Waals surface area contributed by atoms with Crippen LogP contribution in [-0.4, -0.2) is 70.6 Å². The van der Waals surface area contributed by atoms with Crippen molar-refractivity contribution < 1.29 is 12.8 Å². The first-order valence-corrected chi connectivity index (χ1v) is 12.4. The average Bonchev–Trinajstić information content (AvgIpc) is 3.43. The van der Waals surface area contributed by atoms with Crippen molar-refractivity contribution in [1.29, 1.82) is 0 Å². The van der Waals surface area contributed by atoms with E-state index in [-0.39, 0.29) is 10.5 Å². The van der Waals surface area contributed by atoms with Crippen molar-refractivity contribution in [2.45, 2.75) is 24.7 Å². The van der Waals surface area contributed by atoms with Gasteiger partial charge in [-0.05, 0) is 31.7 Å². The van der Waals surface area contributed by atoms with Crippen LogP contribution in [0.4, 0.5) is 0 Å². The van der Waals surface area contributed by atoms with Crippen LogP contribution in [0.3, 0.4) is 0 Å². The van der Waals surface area contributed by atoms with Crippen LogP contribution in [0, 0.1) is 0 Å². The Hall–Kier alpha value is -3.02. The molecule has 33 heavy (non-hydrogen) atoms. The van der Waals surface area contributed by atoms with Gasteiger partial charge in [-0.3, -0.25) is 14.5 Å². The molecule has 1 saturated heterocycles. The number of fused-ring (bicyclic) bond motifs is 2. The molecule has 11 heteroatoms. The van der Waals surface area contributed by atoms with Crippen LogP contribution in [0.2, 0.25) is 0 Å². The van der Waals surface area contributed by atoms with E-state index >= 15 is 0 Å². The minimum atomic E-state index is -3.73. The first kappa shape index (κ1) is 21.8. The molecule has 1 aliphatic heterocycles. The summed E-state index contributed by atoms with van der Waals surface area (Å²) in [4.78, 5) is 20.1. The predicted molar refractivity (Wildman–Crippen MR) is 125 cm³/mol. The van der Waals surface area contributed by atoms with Crippen molar-refractivity contribution in [3.63, 3.8) is 0 Å². The Labute approximate surface area is 190 Å². The van der Waals surface area contributed by atoms with Crippen LogP contribution >= 0.6 is 0 Å². The molecule has 3 aromatic heterocycles. The molecule has 0 bridgehead atoms. The van der Waals surface area contributed by atoms with Gasteiger partial charge in [0.15, 0.2) is 0 Å². The monoisotopic (exact) mass is 470 g/mol. The second-order valence-electron chi connectivity index (χ2n) is 8.46. The maximum atomic E-state index is 13.5. The van der Waals surface area contributed by atoms with E-state index in [1.165, 1.54) is 15.1 Å². The van der Waals surface area contributed by atoms with Crippen LogP contribution in [-0.2, 0) is 23.5 Å². The number of furan rings is 1. The van der Waals surface area contributed by atoms with Crippen LogP contribution in [0.5, 0.6) is 0 Å². The Bertz CT molecular complexity index is 1510. The molecule has 0 saturated carbocycles. The first-order chi connectivity index (χ1) is 15.8. The van der Waals surface area contributed by atoms with Gasteiger partial charge in [-0.1, -0.05) is 13.3 Å². The summed E-state index contributed by atoms with van der Waals surface area (Å²) in [6.45, 7) is 4.23. The lowest BCUT2D eigenvalue weighted by Crippen LogP contribution is -2.47. The lowest BCUT2D eigenvalue weighted by Gasteiger charge is -2.31. The number of benzene rings is 1. The molecule has 1 fully saturated rings. The van der Waals surface area contributed by atoms with Gasteiger partial charge in [-0.15, -0.1) is 0 Å². The Morgan fingerprint density at radius 3 is 2.64 bits per heavy atom. The fourth-order valence-electron chi connectivity index (χ4n) is 4.29. The zero-order valence-corrected chi connectivity index (χ0v) is 19.6. The maximum absolute atomic E-state index is 13.5. The molecule has 10 nitrogen and oxygen atoms in total. The SMILES string of the molecule is CCCc1n[nH]c2c(=O)n(C)c(-c3cc(S(=O)(=O)N4CCN(C)CC4)cc4ccoc34)nc12. The molecule has 5 rings (SSSR count). The Kier molecular flexibility index (Phi) is 5.34. The highest BCUT2D eigenvalue weighted by molar-refractivity contribution is 7.89. The van der Waals surface area contributed by atoms with Gasteiger partial charge in [0.05, 0.1) is 22.4 Å². The number of nitrogens with zero attached hydrogens (tertiary/aromatic N) is 5. The van der Waals surface area contributed by atoms with Crippen molar-refractivity contribution in [3.05, 3.63) is 40.5 Å². The molecular formula is C22H26N6O4S. The minimum Gasteiger partial charge on any atom is -0.464 e. The standard InChI is InChI=1S/C22H26N6O4S/c1-4-5-17-18-19(25-24-17)22(29)27(3)21(23-18)16-13-15(12-14-6-11-32-20(14)16)33(30,31)28-9-7-26(2)8-10-28/h6,11-13H,4-5,7-10H2,1-3H3,(H,24,25). The highest BCUT2D eigenvalue weighted by Crippen LogP contribution is 2.33. The molecule has 0 atom stereocenters. The van der Waals surface area contributed by atoms with Crippen molar-refractivity contribution in [3.8, 4) is 11.4 Å². The molecule has 0 aliphatic carbocycles. The third-order valence-corrected chi connectivity index (χ3v) is 8.10. The minimum absolute atomic E-state index is 0.159. The number of nitrogens with one attached hydrogen (secondary N) is 1. The fraction of sp³-hybridized carbons (Fsp3) is 0.409. The molecule has 4 aromatic rings. The lowest BCUT2D eigenvalue weighted by molar-refractivity contribution is 0.222. The van der Waals surface area contributed by atoms with E-state index in [4.69, 9.17) is 9.40 Å². The molecule has 0 spiro atoms. The number of aryl methyl sites for hydroxylation is 1. The molecular weight excluding hydrogens is 444 g/mol. The van der Waals surface area contributed by atoms with E-state index in [1.54, 1.807) is 25.2 Å². The molecule has 174 valence electrons. The van der Waals surface area contributed by atoms with Crippen molar-refractivity contribution in [1.82, 2.24) is 29.0 Å². The van der Waals surface area contributed by atoms with Gasteiger partial charge in [0.25, 0.3) is 5.56 Å². The number of aromatic nitrogens is 4. The number of aromatic amines is 1. The second kappa shape index (κ2) is 8.08. The van der Waals surface area contributed by atoms with Crippen molar-refractivity contribution in [2.75, 3.05) is 33.2 Å². The summed E-state index contributed by atoms with van der Waals surface area (Å²) >= 11 is 0. The number of sulfonamides is 1. The maximum Gasteiger partial charge on any atom is 0.279 e. The largest absolute Gasteiger partial charge is 0.464 e. The Morgan fingerprint density at radius 2 is 1.91 bits per heavy atom. The summed E-state index contributed by atoms with van der Waals surface area (Å²) in [5.41, 5.74) is 2.20. The number of hydrogen-bond acceptors (Lipinski definition) is 7. The van der Waals surface area contributed by atoms with Crippen LogP contribution < -0.4 is 5.56 Å². The summed E-state index contributed by atoms with van der Waals surface area (Å²) in [5.74, 6) is 0.335. The van der Waals surface area contributed by atoms with Gasteiger partial charge in [-0.25, -0.2) is 13.4 Å². The Balaban J connectivity index is 1.72. The fourth-order valence-corrected chi connectivity index (χ4v) is 5.77. The summed E-state index contributed by atoms with van der Waals surface area (Å²) in [6, 6.07) is 4.90. The third-order valence-electron chi connectivity index (χ3n) is 6.22. The lowest BCUT2D eigenvalue weighted by atomic mass is 10.1. The van der Waals surface area contributed by atoms with E-state index in [2.05, 4.69) is 15.1 Å². The number of hydrogen-bond donors (Lipinski definition) is 1. The number of rotatable bonds is 5. The van der Waals surface area contributed by atoms with Crippen molar-refractivity contribution in [2.24, 2.45) is 7.05 Å². The zero-order valence-electron chi connectivity index (χ0n) is 18.8. The highest BCUT2D eigenvalue weighted by atomic mass is 32.2. The molecule has 0 amide bonds. The van der Waals surface area contributed by atoms with E-state index in [0.717, 1.165) is 6.42 Å². The summed E-state index contributed by atoms with van der Waals surface area (Å²) < 4.78 is 35.6. The summed E-state index contributed by atoms with van der Waals surface area (Å²) in [5, 5.41) is 7.70. The van der Waals surface area contributed by atoms with Crippen LogP contribution in [0.25, 0.3) is 33.4 Å². The molecule has 1 N–H and O–H groups in total. The molecule has 0 radical (unpaired) electrons. The van der Waals surface area contributed by atoms with Crippen LogP contribution in [0.1, 0.15) is 19.0 Å². The topological polar surface area (TPSA) is 117 Å². The van der Waals surface area contributed by atoms with Gasteiger partial charge >= 0.3 is 0 Å². The van der Waals surface area contributed by atoms with Crippen molar-refractivity contribution >= 4 is 32.0 Å². The highest BCUT2D eigenvalue weighted by Gasteiger charge is 2.29. The Morgan fingerprint density at radius 1 is 1.15 bits per heavy atom. The number of H-pyrrole nitrogens is 1. The van der Waals surface area contributed by atoms with Gasteiger partial charge in [0.1, 0.15) is 22.4 Å². The zero-order chi connectivity index (χ0) is 23.3. The van der Waals surface area contributed by atoms with Gasteiger partial charge in [-0.2, -0.15) is 9.40 Å². The van der Waals surface area contributed by atoms with Gasteiger partial charge in [0, 0.05) is 38.6 Å². The van der Waals surface area contributed by atoms with Crippen LogP contribution in [0.15, 0.2) is 38.6 Å². The quantitative estimate of drug-likeness (QED) is 0.474. The number of likely N-dealkylation sites (N-methyl/N-ethyl adjacent to an activating group) is 1. The summed E-state index contributed by atoms with van der Waals surface area (Å²) in [6.07, 6.45) is 3.04. The molecule has 1 aliphatic rings. The average molecular weight is 471 g/mol.